The van der Waals surface area contributed by atoms with Crippen LogP contribution in [-0.2, 0) is 17.3 Å². The van der Waals surface area contributed by atoms with E-state index in [-0.39, 0.29) is 5.92 Å². The SMILES string of the molecule is c1ccc(-c2nc(-c3ccccc3)nc(C3Cc4ccccc4-c4cc5c(cc43)C3(c4ccccc4-c4ccccc43)c3ccccc3C53c4ccccc4-c4ccccc43)n2)cc1. The highest BCUT2D eigenvalue weighted by molar-refractivity contribution is 5.95. The van der Waals surface area contributed by atoms with Gasteiger partial charge in [-0.25, -0.2) is 15.0 Å². The van der Waals surface area contributed by atoms with Gasteiger partial charge in [0.25, 0.3) is 0 Å². The Kier molecular flexibility index (Phi) is 7.36. The Labute approximate surface area is 372 Å². The Hall–Kier alpha value is -8.01. The fraction of sp³-hybridized carbons (Fsp3) is 0.0656. The zero-order chi connectivity index (χ0) is 42.0. The lowest BCUT2D eigenvalue weighted by molar-refractivity contribution is 0.627. The quantitative estimate of drug-likeness (QED) is 0.178. The van der Waals surface area contributed by atoms with E-state index in [0.717, 1.165) is 23.4 Å². The molecule has 298 valence electrons. The fourth-order valence-electron chi connectivity index (χ4n) is 12.3. The van der Waals surface area contributed by atoms with Gasteiger partial charge >= 0.3 is 0 Å². The molecule has 4 aliphatic carbocycles. The number of hydrogen-bond acceptors (Lipinski definition) is 3. The molecule has 3 heteroatoms. The minimum Gasteiger partial charge on any atom is -0.212 e. The number of rotatable bonds is 3. The molecule has 10 aromatic rings. The molecule has 14 rings (SSSR count). The molecular weight excluding hydrogens is 775 g/mol. The highest BCUT2D eigenvalue weighted by atomic mass is 15.0. The molecule has 0 saturated carbocycles. The summed E-state index contributed by atoms with van der Waals surface area (Å²) in [5.74, 6) is 2.01. The predicted octanol–water partition coefficient (Wildman–Crippen LogP) is 13.6. The number of fused-ring (bicyclic) bond motifs is 19. The summed E-state index contributed by atoms with van der Waals surface area (Å²) in [5.41, 5.74) is 21.6. The van der Waals surface area contributed by atoms with E-state index in [1.165, 1.54) is 89.0 Å². The first-order valence-electron chi connectivity index (χ1n) is 22.4. The first kappa shape index (κ1) is 35.6. The number of hydrogen-bond donors (Lipinski definition) is 0. The Morgan fingerprint density at radius 1 is 0.312 bits per heavy atom. The summed E-state index contributed by atoms with van der Waals surface area (Å²) in [7, 11) is 0. The van der Waals surface area contributed by atoms with Crippen molar-refractivity contribution in [1.82, 2.24) is 15.0 Å². The maximum absolute atomic E-state index is 5.44. The summed E-state index contributed by atoms with van der Waals surface area (Å²) in [4.78, 5) is 16.0. The molecule has 0 aliphatic heterocycles. The van der Waals surface area contributed by atoms with Crippen molar-refractivity contribution in [3.8, 4) is 56.2 Å². The molecule has 64 heavy (non-hydrogen) atoms. The molecule has 1 heterocycles. The third-order valence-corrected chi connectivity index (χ3v) is 14.8. The summed E-state index contributed by atoms with van der Waals surface area (Å²) in [6.07, 6.45) is 0.766. The van der Waals surface area contributed by atoms with Gasteiger partial charge in [0.2, 0.25) is 0 Å². The van der Waals surface area contributed by atoms with Crippen molar-refractivity contribution in [2.75, 3.05) is 0 Å². The molecule has 4 aliphatic rings. The highest BCUT2D eigenvalue weighted by Gasteiger charge is 2.59. The van der Waals surface area contributed by atoms with Crippen LogP contribution >= 0.6 is 0 Å². The van der Waals surface area contributed by atoms with Gasteiger partial charge in [-0.1, -0.05) is 212 Å². The molecule has 0 fully saturated rings. The smallest absolute Gasteiger partial charge is 0.163 e. The second-order valence-corrected chi connectivity index (χ2v) is 17.7. The fourth-order valence-corrected chi connectivity index (χ4v) is 12.3. The predicted molar refractivity (Wildman–Crippen MR) is 256 cm³/mol. The molecule has 1 aromatic heterocycles. The molecule has 0 saturated heterocycles. The molecule has 9 aromatic carbocycles. The average molecular weight is 814 g/mol. The molecule has 0 amide bonds. The summed E-state index contributed by atoms with van der Waals surface area (Å²) < 4.78 is 0. The summed E-state index contributed by atoms with van der Waals surface area (Å²) in [5, 5.41) is 0. The van der Waals surface area contributed by atoms with Crippen molar-refractivity contribution in [3.05, 3.63) is 280 Å². The van der Waals surface area contributed by atoms with Crippen LogP contribution in [0, 0.1) is 0 Å². The molecule has 2 spiro atoms. The zero-order valence-electron chi connectivity index (χ0n) is 34.9. The van der Waals surface area contributed by atoms with Crippen molar-refractivity contribution in [2.45, 2.75) is 23.2 Å². The Morgan fingerprint density at radius 3 is 1.16 bits per heavy atom. The van der Waals surface area contributed by atoms with Crippen LogP contribution in [0.15, 0.2) is 218 Å². The van der Waals surface area contributed by atoms with Crippen LogP contribution in [0.4, 0.5) is 0 Å². The van der Waals surface area contributed by atoms with Gasteiger partial charge in [0.05, 0.1) is 10.8 Å². The van der Waals surface area contributed by atoms with Crippen LogP contribution in [0.3, 0.4) is 0 Å². The standard InChI is InChI=1S/C61H39N3/c1-3-19-38(20-4-1)57-62-58(39-21-5-2-6-22-39)64-59(63-57)48-35-40-23-7-8-24-41(40)46-36-55-56(37-47(46)48)61(51-31-15-11-27-44(51)45-28-12-16-32-52(45)61)54-34-18-17-33-53(54)60(55)49-29-13-9-25-42(49)43-26-10-14-30-50(43)60/h1-34,36-37,48H,35H2. The molecule has 0 bridgehead atoms. The molecule has 1 atom stereocenters. The van der Waals surface area contributed by atoms with Gasteiger partial charge in [0.1, 0.15) is 5.82 Å². The third kappa shape index (κ3) is 4.58. The van der Waals surface area contributed by atoms with E-state index in [9.17, 15) is 0 Å². The average Bonchev–Trinajstić information content (AvgIpc) is 3.84. The first-order valence-corrected chi connectivity index (χ1v) is 22.4. The number of aromatic nitrogens is 3. The lowest BCUT2D eigenvalue weighted by Gasteiger charge is -2.49. The Morgan fingerprint density at radius 2 is 0.688 bits per heavy atom. The van der Waals surface area contributed by atoms with E-state index in [2.05, 4.69) is 206 Å². The normalized spacial score (nSPS) is 15.8. The second kappa shape index (κ2) is 13.2. The van der Waals surface area contributed by atoms with Gasteiger partial charge < -0.3 is 0 Å². The van der Waals surface area contributed by atoms with Crippen LogP contribution in [0.1, 0.15) is 67.4 Å². The van der Waals surface area contributed by atoms with Crippen LogP contribution in [0.2, 0.25) is 0 Å². The van der Waals surface area contributed by atoms with E-state index >= 15 is 0 Å². The van der Waals surface area contributed by atoms with Gasteiger partial charge in [-0.15, -0.1) is 0 Å². The molecule has 3 nitrogen and oxygen atoms in total. The van der Waals surface area contributed by atoms with Gasteiger partial charge in [-0.3, -0.25) is 0 Å². The van der Waals surface area contributed by atoms with E-state index in [1.807, 2.05) is 12.1 Å². The van der Waals surface area contributed by atoms with Gasteiger partial charge in [0.15, 0.2) is 11.6 Å². The second-order valence-electron chi connectivity index (χ2n) is 17.7. The van der Waals surface area contributed by atoms with Crippen molar-refractivity contribution in [3.63, 3.8) is 0 Å². The largest absolute Gasteiger partial charge is 0.212 e. The molecule has 1 unspecified atom stereocenters. The van der Waals surface area contributed by atoms with Gasteiger partial charge in [-0.05, 0) is 102 Å². The third-order valence-electron chi connectivity index (χ3n) is 14.8. The maximum Gasteiger partial charge on any atom is 0.163 e. The molecule has 0 N–H and O–H groups in total. The number of nitrogens with zero attached hydrogens (tertiary/aromatic N) is 3. The van der Waals surface area contributed by atoms with E-state index < -0.39 is 10.8 Å². The summed E-state index contributed by atoms with van der Waals surface area (Å²) >= 11 is 0. The van der Waals surface area contributed by atoms with Crippen LogP contribution in [0.5, 0.6) is 0 Å². The van der Waals surface area contributed by atoms with Crippen molar-refractivity contribution < 1.29 is 0 Å². The number of benzene rings is 9. The van der Waals surface area contributed by atoms with Crippen LogP contribution in [-0.4, -0.2) is 15.0 Å². The van der Waals surface area contributed by atoms with E-state index in [0.29, 0.717) is 11.6 Å². The maximum atomic E-state index is 5.44. The summed E-state index contributed by atoms with van der Waals surface area (Å²) in [6.45, 7) is 0. The topological polar surface area (TPSA) is 38.7 Å². The molecule has 0 radical (unpaired) electrons. The van der Waals surface area contributed by atoms with Gasteiger partial charge in [0, 0.05) is 17.0 Å². The van der Waals surface area contributed by atoms with Crippen molar-refractivity contribution in [1.29, 1.82) is 0 Å². The monoisotopic (exact) mass is 813 g/mol. The lowest BCUT2D eigenvalue weighted by atomic mass is 9.51. The summed E-state index contributed by atoms with van der Waals surface area (Å²) in [6, 6.07) is 80.9. The van der Waals surface area contributed by atoms with Crippen molar-refractivity contribution >= 4 is 0 Å². The Bertz CT molecular complexity index is 3400. The Balaban J connectivity index is 1.15. The van der Waals surface area contributed by atoms with Crippen LogP contribution in [0.25, 0.3) is 56.2 Å². The van der Waals surface area contributed by atoms with Crippen molar-refractivity contribution in [2.24, 2.45) is 0 Å². The van der Waals surface area contributed by atoms with E-state index in [1.54, 1.807) is 0 Å². The zero-order valence-corrected chi connectivity index (χ0v) is 34.9. The lowest BCUT2D eigenvalue weighted by Crippen LogP contribution is -2.44. The minimum atomic E-state index is -0.600. The van der Waals surface area contributed by atoms with E-state index in [4.69, 9.17) is 15.0 Å². The van der Waals surface area contributed by atoms with Gasteiger partial charge in [-0.2, -0.15) is 0 Å². The molecular formula is C61H39N3. The first-order chi connectivity index (χ1) is 31.7. The minimum absolute atomic E-state index is 0.150. The highest BCUT2D eigenvalue weighted by Crippen LogP contribution is 2.68. The van der Waals surface area contributed by atoms with Crippen LogP contribution < -0.4 is 0 Å².